The maximum absolute atomic E-state index is 13.1. The molecule has 7 heteroatoms. The lowest BCUT2D eigenvalue weighted by Crippen LogP contribution is -2.49. The molecule has 1 aromatic carbocycles. The molecule has 1 aliphatic heterocycles. The fourth-order valence-electron chi connectivity index (χ4n) is 3.12. The summed E-state index contributed by atoms with van der Waals surface area (Å²) >= 11 is 0. The van der Waals surface area contributed by atoms with Gasteiger partial charge in [0, 0.05) is 25.5 Å². The van der Waals surface area contributed by atoms with Crippen LogP contribution in [0, 0.1) is 5.82 Å². The van der Waals surface area contributed by atoms with E-state index >= 15 is 0 Å². The number of hydrogen-bond acceptors (Lipinski definition) is 4. The lowest BCUT2D eigenvalue weighted by Gasteiger charge is -2.35. The fraction of sp³-hybridized carbons (Fsp3) is 0.444. The van der Waals surface area contributed by atoms with Gasteiger partial charge in [-0.15, -0.1) is 0 Å². The van der Waals surface area contributed by atoms with E-state index in [0.717, 1.165) is 0 Å². The topological polar surface area (TPSA) is 67.6 Å². The second kappa shape index (κ2) is 7.33. The number of ether oxygens (including phenoxy) is 1. The van der Waals surface area contributed by atoms with Crippen LogP contribution < -0.4 is 0 Å². The van der Waals surface area contributed by atoms with Crippen molar-refractivity contribution in [2.45, 2.75) is 38.7 Å². The molecule has 3 atom stereocenters. The number of hydrogen-bond donors (Lipinski definition) is 1. The summed E-state index contributed by atoms with van der Waals surface area (Å²) in [4.78, 5) is 18.5. The standard InChI is InChI=1S/C18H22FN3O3/c1-12-9-22(10-13(2)25-12)16(23)11-21-8-7-20-18(21)17(24)14-3-5-15(19)6-4-14/h3-8,12-13,17,24H,9-11H2,1-2H3. The number of aliphatic hydroxyl groups is 1. The zero-order chi connectivity index (χ0) is 18.0. The largest absolute Gasteiger partial charge is 0.380 e. The van der Waals surface area contributed by atoms with Crippen molar-refractivity contribution in [2.75, 3.05) is 13.1 Å². The van der Waals surface area contributed by atoms with Gasteiger partial charge in [0.15, 0.2) is 0 Å². The summed E-state index contributed by atoms with van der Waals surface area (Å²) in [7, 11) is 0. The first kappa shape index (κ1) is 17.6. The van der Waals surface area contributed by atoms with Gasteiger partial charge in [-0.05, 0) is 31.5 Å². The number of nitrogens with zero attached hydrogens (tertiary/aromatic N) is 3. The van der Waals surface area contributed by atoms with Crippen molar-refractivity contribution in [2.24, 2.45) is 0 Å². The molecule has 3 rings (SSSR count). The first-order valence-corrected chi connectivity index (χ1v) is 8.32. The lowest BCUT2D eigenvalue weighted by atomic mass is 10.1. The van der Waals surface area contributed by atoms with Gasteiger partial charge >= 0.3 is 0 Å². The Hall–Kier alpha value is -2.25. The predicted molar refractivity (Wildman–Crippen MR) is 89.3 cm³/mol. The van der Waals surface area contributed by atoms with Gasteiger partial charge in [-0.1, -0.05) is 12.1 Å². The first-order chi connectivity index (χ1) is 11.9. The van der Waals surface area contributed by atoms with E-state index in [1.165, 1.54) is 24.3 Å². The SMILES string of the molecule is CC1CN(C(=O)Cn2ccnc2C(O)c2ccc(F)cc2)CC(C)O1. The molecule has 6 nitrogen and oxygen atoms in total. The maximum atomic E-state index is 13.1. The number of aromatic nitrogens is 2. The molecule has 1 aromatic heterocycles. The highest BCUT2D eigenvalue weighted by atomic mass is 19.1. The molecular formula is C18H22FN3O3. The Kier molecular flexibility index (Phi) is 5.15. The molecule has 1 fully saturated rings. The molecule has 1 aliphatic rings. The monoisotopic (exact) mass is 347 g/mol. The average Bonchev–Trinajstić information content (AvgIpc) is 3.02. The van der Waals surface area contributed by atoms with Gasteiger partial charge in [0.25, 0.3) is 0 Å². The highest BCUT2D eigenvalue weighted by molar-refractivity contribution is 5.76. The molecule has 0 spiro atoms. The summed E-state index contributed by atoms with van der Waals surface area (Å²) in [6, 6.07) is 5.58. The smallest absolute Gasteiger partial charge is 0.242 e. The number of rotatable bonds is 4. The number of morpholine rings is 1. The van der Waals surface area contributed by atoms with E-state index in [2.05, 4.69) is 4.98 Å². The maximum Gasteiger partial charge on any atom is 0.242 e. The minimum atomic E-state index is -1.02. The van der Waals surface area contributed by atoms with E-state index in [1.807, 2.05) is 13.8 Å². The van der Waals surface area contributed by atoms with Crippen molar-refractivity contribution < 1.29 is 19.0 Å². The molecule has 1 N–H and O–H groups in total. The first-order valence-electron chi connectivity index (χ1n) is 8.32. The van der Waals surface area contributed by atoms with Gasteiger partial charge in [-0.3, -0.25) is 4.79 Å². The normalized spacial score (nSPS) is 22.0. The highest BCUT2D eigenvalue weighted by Gasteiger charge is 2.27. The van der Waals surface area contributed by atoms with Crippen molar-refractivity contribution in [1.82, 2.24) is 14.5 Å². The minimum absolute atomic E-state index is 0.000219. The second-order valence-corrected chi connectivity index (χ2v) is 6.42. The van der Waals surface area contributed by atoms with E-state index < -0.39 is 6.10 Å². The van der Waals surface area contributed by atoms with Crippen molar-refractivity contribution in [3.63, 3.8) is 0 Å². The van der Waals surface area contributed by atoms with Crippen LogP contribution in [0.1, 0.15) is 31.3 Å². The number of aliphatic hydroxyl groups excluding tert-OH is 1. The van der Waals surface area contributed by atoms with Crippen molar-refractivity contribution in [1.29, 1.82) is 0 Å². The van der Waals surface area contributed by atoms with Crippen LogP contribution in [0.3, 0.4) is 0 Å². The van der Waals surface area contributed by atoms with Crippen LogP contribution in [0.5, 0.6) is 0 Å². The number of amides is 1. The number of imidazole rings is 1. The van der Waals surface area contributed by atoms with Crippen LogP contribution in [0.2, 0.25) is 0 Å². The lowest BCUT2D eigenvalue weighted by molar-refractivity contribution is -0.143. The Bertz CT molecular complexity index is 721. The van der Waals surface area contributed by atoms with Crippen LogP contribution in [-0.2, 0) is 16.1 Å². The van der Waals surface area contributed by atoms with Crippen LogP contribution in [0.25, 0.3) is 0 Å². The summed E-state index contributed by atoms with van der Waals surface area (Å²) in [6.07, 6.45) is 2.18. The second-order valence-electron chi connectivity index (χ2n) is 6.42. The molecule has 2 aromatic rings. The van der Waals surface area contributed by atoms with Crippen LogP contribution in [-0.4, -0.2) is 50.8 Å². The Morgan fingerprint density at radius 2 is 1.96 bits per heavy atom. The Balaban J connectivity index is 1.73. The van der Waals surface area contributed by atoms with Gasteiger partial charge in [0.2, 0.25) is 5.91 Å². The van der Waals surface area contributed by atoms with E-state index in [9.17, 15) is 14.3 Å². The molecule has 0 saturated carbocycles. The molecule has 3 unspecified atom stereocenters. The quantitative estimate of drug-likeness (QED) is 0.915. The molecule has 0 bridgehead atoms. The van der Waals surface area contributed by atoms with E-state index in [0.29, 0.717) is 24.5 Å². The zero-order valence-corrected chi connectivity index (χ0v) is 14.3. The highest BCUT2D eigenvalue weighted by Crippen LogP contribution is 2.21. The number of carbonyl (C=O) groups is 1. The summed E-state index contributed by atoms with van der Waals surface area (Å²) in [6.45, 7) is 5.07. The van der Waals surface area contributed by atoms with Gasteiger partial charge in [-0.25, -0.2) is 9.37 Å². The van der Waals surface area contributed by atoms with Crippen molar-refractivity contribution >= 4 is 5.91 Å². The summed E-state index contributed by atoms with van der Waals surface area (Å²) in [5, 5.41) is 10.5. The van der Waals surface area contributed by atoms with Crippen molar-refractivity contribution in [3.8, 4) is 0 Å². The van der Waals surface area contributed by atoms with E-state index in [1.54, 1.807) is 21.9 Å². The van der Waals surface area contributed by atoms with Crippen LogP contribution in [0.15, 0.2) is 36.7 Å². The molecule has 1 saturated heterocycles. The summed E-state index contributed by atoms with van der Waals surface area (Å²) in [5.41, 5.74) is 0.523. The van der Waals surface area contributed by atoms with Crippen molar-refractivity contribution in [3.05, 3.63) is 53.9 Å². The third kappa shape index (κ3) is 4.05. The van der Waals surface area contributed by atoms with Crippen LogP contribution in [0.4, 0.5) is 4.39 Å². The molecular weight excluding hydrogens is 325 g/mol. The van der Waals surface area contributed by atoms with Gasteiger partial charge in [0.1, 0.15) is 24.3 Å². The fourth-order valence-corrected chi connectivity index (χ4v) is 3.12. The Morgan fingerprint density at radius 3 is 2.60 bits per heavy atom. The molecule has 0 aliphatic carbocycles. The predicted octanol–water partition coefficient (Wildman–Crippen LogP) is 1.74. The molecule has 0 radical (unpaired) electrons. The molecule has 134 valence electrons. The van der Waals surface area contributed by atoms with E-state index in [-0.39, 0.29) is 30.5 Å². The Labute approximate surface area is 145 Å². The third-order valence-electron chi connectivity index (χ3n) is 4.26. The van der Waals surface area contributed by atoms with Gasteiger partial charge < -0.3 is 19.3 Å². The minimum Gasteiger partial charge on any atom is -0.380 e. The average molecular weight is 347 g/mol. The number of halogens is 1. The van der Waals surface area contributed by atoms with Gasteiger partial charge in [-0.2, -0.15) is 0 Å². The third-order valence-corrected chi connectivity index (χ3v) is 4.26. The summed E-state index contributed by atoms with van der Waals surface area (Å²) in [5.74, 6) is -0.0631. The van der Waals surface area contributed by atoms with E-state index in [4.69, 9.17) is 4.74 Å². The molecule has 1 amide bonds. The van der Waals surface area contributed by atoms with Crippen LogP contribution >= 0.6 is 0 Å². The number of benzene rings is 1. The Morgan fingerprint density at radius 1 is 1.32 bits per heavy atom. The zero-order valence-electron chi connectivity index (χ0n) is 14.3. The van der Waals surface area contributed by atoms with Gasteiger partial charge in [0.05, 0.1) is 12.2 Å². The molecule has 2 heterocycles. The summed E-state index contributed by atoms with van der Waals surface area (Å²) < 4.78 is 20.3. The number of carbonyl (C=O) groups excluding carboxylic acids is 1. The molecule has 25 heavy (non-hydrogen) atoms.